The van der Waals surface area contributed by atoms with Gasteiger partial charge in [0.25, 0.3) is 0 Å². The van der Waals surface area contributed by atoms with Gasteiger partial charge in [0.05, 0.1) is 24.9 Å². The Kier molecular flexibility index (Phi) is 1.44. The van der Waals surface area contributed by atoms with Crippen LogP contribution in [0.4, 0.5) is 0 Å². The fourth-order valence-electron chi connectivity index (χ4n) is 1.70. The number of aliphatic hydroxyl groups excluding tert-OH is 1. The summed E-state index contributed by atoms with van der Waals surface area (Å²) in [5.74, 6) is 0. The van der Waals surface area contributed by atoms with Crippen LogP contribution in [0.15, 0.2) is 0 Å². The minimum atomic E-state index is -0.106. The van der Waals surface area contributed by atoms with Gasteiger partial charge in [-0.15, -0.1) is 0 Å². The summed E-state index contributed by atoms with van der Waals surface area (Å²) in [4.78, 5) is 0. The number of piperidine rings is 1. The Balaban J connectivity index is 1.96. The van der Waals surface area contributed by atoms with Crippen molar-refractivity contribution in [1.82, 2.24) is 5.32 Å². The minimum Gasteiger partial charge on any atom is -0.393 e. The fraction of sp³-hybridized carbons (Fsp3) is 1.00. The lowest BCUT2D eigenvalue weighted by molar-refractivity contribution is -0.107. The van der Waals surface area contributed by atoms with Gasteiger partial charge in [-0.1, -0.05) is 0 Å². The van der Waals surface area contributed by atoms with Gasteiger partial charge in [0, 0.05) is 0 Å². The molecule has 1 spiro atoms. The van der Waals surface area contributed by atoms with Crippen LogP contribution < -0.4 is 5.32 Å². The highest BCUT2D eigenvalue weighted by molar-refractivity contribution is 4.98. The first-order valence-corrected chi connectivity index (χ1v) is 3.82. The van der Waals surface area contributed by atoms with E-state index in [-0.39, 0.29) is 11.6 Å². The van der Waals surface area contributed by atoms with Crippen LogP contribution in [-0.4, -0.2) is 36.5 Å². The summed E-state index contributed by atoms with van der Waals surface area (Å²) >= 11 is 0. The molecule has 0 radical (unpaired) electrons. The van der Waals surface area contributed by atoms with Crippen LogP contribution in [0.3, 0.4) is 0 Å². The van der Waals surface area contributed by atoms with E-state index < -0.39 is 0 Å². The third-order valence-electron chi connectivity index (χ3n) is 2.36. The van der Waals surface area contributed by atoms with E-state index in [1.807, 2.05) is 0 Å². The van der Waals surface area contributed by atoms with Crippen molar-refractivity contribution >= 4 is 0 Å². The second-order valence-electron chi connectivity index (χ2n) is 3.35. The predicted molar refractivity (Wildman–Crippen MR) is 36.8 cm³/mol. The van der Waals surface area contributed by atoms with Crippen molar-refractivity contribution in [2.45, 2.75) is 24.5 Å². The van der Waals surface area contributed by atoms with Crippen molar-refractivity contribution < 1.29 is 9.84 Å². The van der Waals surface area contributed by atoms with Crippen molar-refractivity contribution in [3.8, 4) is 0 Å². The Morgan fingerprint density at radius 1 is 1.50 bits per heavy atom. The first-order chi connectivity index (χ1) is 4.81. The maximum atomic E-state index is 9.31. The Hall–Kier alpha value is -0.120. The molecule has 1 atom stereocenters. The van der Waals surface area contributed by atoms with E-state index in [0.717, 1.165) is 32.6 Å². The zero-order valence-corrected chi connectivity index (χ0v) is 5.97. The number of aliphatic hydroxyl groups is 1. The normalized spacial score (nSPS) is 37.5. The van der Waals surface area contributed by atoms with Gasteiger partial charge in [0.1, 0.15) is 0 Å². The van der Waals surface area contributed by atoms with Crippen LogP contribution in [0.1, 0.15) is 12.8 Å². The summed E-state index contributed by atoms with van der Waals surface area (Å²) in [6.07, 6.45) is 1.65. The second kappa shape index (κ2) is 2.19. The topological polar surface area (TPSA) is 41.5 Å². The summed E-state index contributed by atoms with van der Waals surface area (Å²) in [5.41, 5.74) is 0.150. The maximum absolute atomic E-state index is 9.31. The lowest BCUT2D eigenvalue weighted by Gasteiger charge is -2.46. The molecule has 2 fully saturated rings. The average molecular weight is 143 g/mol. The molecule has 2 N–H and O–H groups in total. The zero-order chi connectivity index (χ0) is 7.03. The molecule has 10 heavy (non-hydrogen) atoms. The minimum absolute atomic E-state index is 0.106. The van der Waals surface area contributed by atoms with Crippen LogP contribution in [0.5, 0.6) is 0 Å². The fourth-order valence-corrected chi connectivity index (χ4v) is 1.70. The molecule has 3 nitrogen and oxygen atoms in total. The zero-order valence-electron chi connectivity index (χ0n) is 5.97. The van der Waals surface area contributed by atoms with Gasteiger partial charge in [-0.05, 0) is 19.4 Å². The third-order valence-corrected chi connectivity index (χ3v) is 2.36. The number of nitrogens with one attached hydrogen (secondary N) is 1. The van der Waals surface area contributed by atoms with Crippen LogP contribution in [-0.2, 0) is 4.74 Å². The van der Waals surface area contributed by atoms with Crippen molar-refractivity contribution in [3.63, 3.8) is 0 Å². The van der Waals surface area contributed by atoms with E-state index in [2.05, 4.69) is 5.32 Å². The summed E-state index contributed by atoms with van der Waals surface area (Å²) in [5, 5.41) is 12.7. The summed E-state index contributed by atoms with van der Waals surface area (Å²) in [7, 11) is 0. The van der Waals surface area contributed by atoms with E-state index in [1.165, 1.54) is 0 Å². The molecule has 0 aromatic heterocycles. The van der Waals surface area contributed by atoms with Crippen molar-refractivity contribution in [3.05, 3.63) is 0 Å². The van der Waals surface area contributed by atoms with Gasteiger partial charge >= 0.3 is 0 Å². The predicted octanol–water partition coefficient (Wildman–Crippen LogP) is -0.500. The molecule has 0 aliphatic carbocycles. The molecule has 0 unspecified atom stereocenters. The molecule has 2 aliphatic rings. The van der Waals surface area contributed by atoms with E-state index in [0.29, 0.717) is 0 Å². The lowest BCUT2D eigenvalue weighted by Crippen LogP contribution is -2.64. The quantitative estimate of drug-likeness (QED) is 0.480. The van der Waals surface area contributed by atoms with E-state index in [4.69, 9.17) is 4.74 Å². The van der Waals surface area contributed by atoms with E-state index >= 15 is 0 Å². The second-order valence-corrected chi connectivity index (χ2v) is 3.35. The molecule has 2 aliphatic heterocycles. The molecule has 0 amide bonds. The molecule has 2 rings (SSSR count). The van der Waals surface area contributed by atoms with Gasteiger partial charge in [-0.25, -0.2) is 0 Å². The van der Waals surface area contributed by atoms with Crippen molar-refractivity contribution in [2.24, 2.45) is 0 Å². The number of hydrogen-bond acceptors (Lipinski definition) is 3. The molecule has 2 saturated heterocycles. The van der Waals surface area contributed by atoms with Gasteiger partial charge in [0.2, 0.25) is 0 Å². The molecular formula is C7H13NO2. The molecule has 0 aromatic carbocycles. The van der Waals surface area contributed by atoms with Crippen molar-refractivity contribution in [2.75, 3.05) is 19.8 Å². The summed E-state index contributed by atoms with van der Waals surface area (Å²) in [6.45, 7) is 2.50. The first kappa shape index (κ1) is 6.58. The molecule has 2 heterocycles. The summed E-state index contributed by atoms with van der Waals surface area (Å²) < 4.78 is 5.09. The monoisotopic (exact) mass is 143 g/mol. The highest BCUT2D eigenvalue weighted by atomic mass is 16.5. The third kappa shape index (κ3) is 0.944. The van der Waals surface area contributed by atoms with Crippen LogP contribution in [0.2, 0.25) is 0 Å². The van der Waals surface area contributed by atoms with Gasteiger partial charge < -0.3 is 15.2 Å². The Labute approximate surface area is 60.4 Å². The Morgan fingerprint density at radius 2 is 2.30 bits per heavy atom. The van der Waals surface area contributed by atoms with E-state index in [9.17, 15) is 5.11 Å². The first-order valence-electron chi connectivity index (χ1n) is 3.82. The lowest BCUT2D eigenvalue weighted by atomic mass is 9.86. The van der Waals surface area contributed by atoms with Crippen molar-refractivity contribution in [1.29, 1.82) is 0 Å². The standard InChI is InChI=1S/C7H13NO2/c9-6-1-2-8-7(3-6)4-10-5-7/h6,8-9H,1-5H2/t6-/m1/s1. The molecule has 0 saturated carbocycles. The number of ether oxygens (including phenoxy) is 1. The largest absolute Gasteiger partial charge is 0.393 e. The molecule has 3 heteroatoms. The van der Waals surface area contributed by atoms with Gasteiger partial charge in [-0.2, -0.15) is 0 Å². The van der Waals surface area contributed by atoms with E-state index in [1.54, 1.807) is 0 Å². The highest BCUT2D eigenvalue weighted by Crippen LogP contribution is 2.26. The average Bonchev–Trinajstić information content (AvgIpc) is 1.85. The number of rotatable bonds is 0. The summed E-state index contributed by atoms with van der Waals surface area (Å²) in [6, 6.07) is 0. The Bertz CT molecular complexity index is 134. The molecule has 0 aromatic rings. The molecule has 0 bridgehead atoms. The van der Waals surface area contributed by atoms with Crippen LogP contribution in [0, 0.1) is 0 Å². The van der Waals surface area contributed by atoms with Crippen LogP contribution in [0.25, 0.3) is 0 Å². The SMILES string of the molecule is O[C@@H]1CCNC2(COC2)C1. The smallest absolute Gasteiger partial charge is 0.0678 e. The van der Waals surface area contributed by atoms with Gasteiger partial charge in [0.15, 0.2) is 0 Å². The number of hydrogen-bond donors (Lipinski definition) is 2. The van der Waals surface area contributed by atoms with Crippen LogP contribution >= 0.6 is 0 Å². The van der Waals surface area contributed by atoms with Gasteiger partial charge in [-0.3, -0.25) is 0 Å². The maximum Gasteiger partial charge on any atom is 0.0678 e. The molecular weight excluding hydrogens is 130 g/mol. The highest BCUT2D eigenvalue weighted by Gasteiger charge is 2.41. The molecule has 58 valence electrons. The Morgan fingerprint density at radius 3 is 2.70 bits per heavy atom.